The zero-order valence-corrected chi connectivity index (χ0v) is 15.4. The predicted molar refractivity (Wildman–Crippen MR) is 97.2 cm³/mol. The summed E-state index contributed by atoms with van der Waals surface area (Å²) in [5, 5.41) is 4.50. The second kappa shape index (κ2) is 8.94. The summed E-state index contributed by atoms with van der Waals surface area (Å²) in [4.78, 5) is 18.1. The predicted octanol–water partition coefficient (Wildman–Crippen LogP) is 2.82. The molecule has 0 aliphatic carbocycles. The molecule has 8 heteroatoms. The van der Waals surface area contributed by atoms with Crippen molar-refractivity contribution in [2.75, 3.05) is 23.0 Å². The average Bonchev–Trinajstić information content (AvgIpc) is 2.96. The van der Waals surface area contributed by atoms with E-state index in [0.29, 0.717) is 23.7 Å². The highest BCUT2D eigenvalue weighted by molar-refractivity contribution is 7.84. The van der Waals surface area contributed by atoms with Crippen molar-refractivity contribution in [1.82, 2.24) is 14.8 Å². The summed E-state index contributed by atoms with van der Waals surface area (Å²) >= 11 is 6.22. The fraction of sp³-hybridized carbons (Fsp3) is 0.438. The molecule has 2 rings (SSSR count). The van der Waals surface area contributed by atoms with Crippen molar-refractivity contribution in [1.29, 1.82) is 0 Å². The largest absolute Gasteiger partial charge is 0.308 e. The Labute approximate surface area is 149 Å². The normalized spacial score (nSPS) is 12.1. The van der Waals surface area contributed by atoms with E-state index in [1.165, 1.54) is 0 Å². The third-order valence-corrected chi connectivity index (χ3v) is 5.24. The molecule has 0 aliphatic heterocycles. The summed E-state index contributed by atoms with van der Waals surface area (Å²) in [6.45, 7) is 4.32. The number of carbonyl (C=O) groups is 1. The van der Waals surface area contributed by atoms with E-state index in [1.54, 1.807) is 34.2 Å². The molecule has 0 aliphatic rings. The van der Waals surface area contributed by atoms with E-state index >= 15 is 0 Å². The Bertz CT molecular complexity index is 705. The fourth-order valence-electron chi connectivity index (χ4n) is 2.29. The van der Waals surface area contributed by atoms with Gasteiger partial charge in [0.2, 0.25) is 5.91 Å². The summed E-state index contributed by atoms with van der Waals surface area (Å²) in [5.41, 5.74) is 1.31. The van der Waals surface area contributed by atoms with Crippen LogP contribution < -0.4 is 4.90 Å². The second-order valence-corrected chi connectivity index (χ2v) is 7.25. The summed E-state index contributed by atoms with van der Waals surface area (Å²) < 4.78 is 13.3. The maximum absolute atomic E-state index is 12.5. The van der Waals surface area contributed by atoms with Gasteiger partial charge in [-0.3, -0.25) is 14.0 Å². The van der Waals surface area contributed by atoms with Crippen molar-refractivity contribution in [3.8, 4) is 5.69 Å². The number of hydrogen-bond donors (Lipinski definition) is 0. The van der Waals surface area contributed by atoms with Crippen molar-refractivity contribution in [2.45, 2.75) is 26.7 Å². The van der Waals surface area contributed by atoms with Crippen molar-refractivity contribution in [3.63, 3.8) is 0 Å². The molecule has 0 aromatic carbocycles. The molecular formula is C16H21ClN4O2S. The molecule has 1 unspecified atom stereocenters. The van der Waals surface area contributed by atoms with Gasteiger partial charge in [0, 0.05) is 41.5 Å². The molecule has 24 heavy (non-hydrogen) atoms. The van der Waals surface area contributed by atoms with Crippen LogP contribution in [-0.2, 0) is 15.6 Å². The number of carbonyl (C=O) groups excluding carboxylic acids is 1. The van der Waals surface area contributed by atoms with Crippen LogP contribution in [0.15, 0.2) is 30.7 Å². The van der Waals surface area contributed by atoms with Gasteiger partial charge in [-0.2, -0.15) is 5.10 Å². The van der Waals surface area contributed by atoms with Crippen LogP contribution in [-0.4, -0.2) is 42.9 Å². The summed E-state index contributed by atoms with van der Waals surface area (Å²) in [7, 11) is -0.955. The third-order valence-electron chi connectivity index (χ3n) is 3.45. The summed E-state index contributed by atoms with van der Waals surface area (Å²) in [6, 6.07) is 3.66. The van der Waals surface area contributed by atoms with Crippen LogP contribution in [0, 0.1) is 0 Å². The van der Waals surface area contributed by atoms with E-state index in [9.17, 15) is 9.00 Å². The molecule has 0 fully saturated rings. The molecule has 0 N–H and O–H groups in total. The van der Waals surface area contributed by atoms with Gasteiger partial charge in [-0.25, -0.2) is 4.68 Å². The van der Waals surface area contributed by atoms with Crippen molar-refractivity contribution >= 4 is 34.0 Å². The quantitative estimate of drug-likeness (QED) is 0.718. The molecule has 6 nitrogen and oxygen atoms in total. The Balaban J connectivity index is 2.14. The minimum atomic E-state index is -0.955. The highest BCUT2D eigenvalue weighted by atomic mass is 35.5. The van der Waals surface area contributed by atoms with Crippen LogP contribution in [0.25, 0.3) is 5.69 Å². The molecule has 1 atom stereocenters. The topological polar surface area (TPSA) is 68.1 Å². The van der Waals surface area contributed by atoms with E-state index < -0.39 is 10.8 Å². The van der Waals surface area contributed by atoms with Gasteiger partial charge in [0.15, 0.2) is 5.15 Å². The molecule has 2 heterocycles. The van der Waals surface area contributed by atoms with E-state index in [2.05, 4.69) is 10.1 Å². The number of halogens is 1. The lowest BCUT2D eigenvalue weighted by Crippen LogP contribution is -2.31. The van der Waals surface area contributed by atoms with Crippen molar-refractivity contribution in [3.05, 3.63) is 35.9 Å². The monoisotopic (exact) mass is 368 g/mol. The van der Waals surface area contributed by atoms with Gasteiger partial charge >= 0.3 is 0 Å². The van der Waals surface area contributed by atoms with Gasteiger partial charge < -0.3 is 4.90 Å². The minimum absolute atomic E-state index is 0.102. The Morgan fingerprint density at radius 1 is 1.38 bits per heavy atom. The lowest BCUT2D eigenvalue weighted by atomic mass is 10.3. The van der Waals surface area contributed by atoms with E-state index in [0.717, 1.165) is 12.1 Å². The number of anilines is 1. The van der Waals surface area contributed by atoms with Crippen LogP contribution in [0.1, 0.15) is 26.7 Å². The van der Waals surface area contributed by atoms with Crippen molar-refractivity contribution in [2.24, 2.45) is 0 Å². The van der Waals surface area contributed by atoms with E-state index in [4.69, 9.17) is 11.6 Å². The molecule has 2 aromatic heterocycles. The summed E-state index contributed by atoms with van der Waals surface area (Å²) in [5.74, 6) is 0.894. The molecule has 0 radical (unpaired) electrons. The molecule has 0 saturated heterocycles. The number of nitrogens with zero attached hydrogens (tertiary/aromatic N) is 4. The Morgan fingerprint density at radius 3 is 2.79 bits per heavy atom. The van der Waals surface area contributed by atoms with Crippen molar-refractivity contribution < 1.29 is 9.00 Å². The van der Waals surface area contributed by atoms with E-state index in [-0.39, 0.29) is 17.5 Å². The highest BCUT2D eigenvalue weighted by Gasteiger charge is 2.20. The van der Waals surface area contributed by atoms with Gasteiger partial charge in [0.25, 0.3) is 0 Å². The molecular weight excluding hydrogens is 348 g/mol. The van der Waals surface area contributed by atoms with Gasteiger partial charge in [-0.1, -0.05) is 18.5 Å². The summed E-state index contributed by atoms with van der Waals surface area (Å²) in [6.07, 6.45) is 6.13. The number of hydrogen-bond acceptors (Lipinski definition) is 4. The van der Waals surface area contributed by atoms with Crippen LogP contribution in [0.5, 0.6) is 0 Å². The highest BCUT2D eigenvalue weighted by Crippen LogP contribution is 2.26. The second-order valence-electron chi connectivity index (χ2n) is 5.20. The molecule has 0 bridgehead atoms. The van der Waals surface area contributed by atoms with E-state index in [1.807, 2.05) is 19.9 Å². The third kappa shape index (κ3) is 4.64. The molecule has 0 saturated carbocycles. The zero-order valence-electron chi connectivity index (χ0n) is 13.8. The lowest BCUT2D eigenvalue weighted by Gasteiger charge is -2.19. The first-order chi connectivity index (χ1) is 11.6. The Kier molecular flexibility index (Phi) is 6.93. The SMILES string of the molecule is CCCS(=O)CCC(=O)N(CC)c1cn(-c2cccnc2)nc1Cl. The molecule has 0 spiro atoms. The maximum atomic E-state index is 12.5. The van der Waals surface area contributed by atoms with Gasteiger partial charge in [-0.15, -0.1) is 0 Å². The first kappa shape index (κ1) is 18.6. The minimum Gasteiger partial charge on any atom is -0.308 e. The standard InChI is InChI=1S/C16H21ClN4O2S/c1-3-9-24(23)10-7-15(22)20(4-2)14-12-21(19-16(14)17)13-6-5-8-18-11-13/h5-6,8,11-12H,3-4,7,9-10H2,1-2H3. The number of pyridine rings is 1. The molecule has 1 amide bonds. The van der Waals surface area contributed by atoms with Crippen LogP contribution in [0.2, 0.25) is 5.15 Å². The average molecular weight is 369 g/mol. The fourth-order valence-corrected chi connectivity index (χ4v) is 3.59. The maximum Gasteiger partial charge on any atom is 0.228 e. The first-order valence-corrected chi connectivity index (χ1v) is 9.74. The molecule has 130 valence electrons. The van der Waals surface area contributed by atoms with Crippen LogP contribution >= 0.6 is 11.6 Å². The first-order valence-electron chi connectivity index (χ1n) is 7.87. The van der Waals surface area contributed by atoms with Gasteiger partial charge in [0.05, 0.1) is 18.1 Å². The lowest BCUT2D eigenvalue weighted by molar-refractivity contribution is -0.118. The smallest absolute Gasteiger partial charge is 0.228 e. The number of aromatic nitrogens is 3. The van der Waals surface area contributed by atoms with Crippen LogP contribution in [0.3, 0.4) is 0 Å². The van der Waals surface area contributed by atoms with Gasteiger partial charge in [-0.05, 0) is 25.5 Å². The number of amides is 1. The van der Waals surface area contributed by atoms with Gasteiger partial charge in [0.1, 0.15) is 5.69 Å². The molecule has 2 aromatic rings. The Morgan fingerprint density at radius 2 is 2.17 bits per heavy atom. The zero-order chi connectivity index (χ0) is 17.5. The van der Waals surface area contributed by atoms with Crippen LogP contribution in [0.4, 0.5) is 5.69 Å². The number of rotatable bonds is 8. The Hall–Kier alpha value is -1.73.